The lowest BCUT2D eigenvalue weighted by atomic mass is 9.99. The van der Waals surface area contributed by atoms with Crippen molar-refractivity contribution in [1.82, 2.24) is 0 Å². The first-order valence-corrected chi connectivity index (χ1v) is 7.65. The zero-order valence-electron chi connectivity index (χ0n) is 10.5. The lowest BCUT2D eigenvalue weighted by molar-refractivity contribution is 0.775. The van der Waals surface area contributed by atoms with E-state index in [4.69, 9.17) is 11.6 Å². The van der Waals surface area contributed by atoms with Gasteiger partial charge in [-0.1, -0.05) is 45.7 Å². The number of hydrogen-bond acceptors (Lipinski definition) is 1. The first-order chi connectivity index (χ1) is 9.22. The number of rotatable bonds is 2. The van der Waals surface area contributed by atoms with Gasteiger partial charge in [-0.2, -0.15) is 0 Å². The van der Waals surface area contributed by atoms with Crippen LogP contribution in [0.1, 0.15) is 17.9 Å². The van der Waals surface area contributed by atoms with Crippen molar-refractivity contribution >= 4 is 33.2 Å². The second-order valence-corrected chi connectivity index (χ2v) is 6.32. The molecule has 0 aromatic heterocycles. The molecule has 0 radical (unpaired) electrons. The van der Waals surface area contributed by atoms with Crippen molar-refractivity contribution in [3.05, 3.63) is 63.6 Å². The van der Waals surface area contributed by atoms with E-state index < -0.39 is 0 Å². The van der Waals surface area contributed by atoms with Gasteiger partial charge in [0.1, 0.15) is 0 Å². The van der Waals surface area contributed by atoms with E-state index in [9.17, 15) is 0 Å². The van der Waals surface area contributed by atoms with Crippen LogP contribution in [0.2, 0.25) is 5.02 Å². The Morgan fingerprint density at radius 3 is 2.63 bits per heavy atom. The second kappa shape index (κ2) is 5.56. The van der Waals surface area contributed by atoms with Crippen LogP contribution in [0.15, 0.2) is 53.0 Å². The normalized spacial score (nSPS) is 18.8. The highest BCUT2D eigenvalue weighted by Gasteiger charge is 2.23. The molecule has 3 rings (SSSR count). The van der Waals surface area contributed by atoms with Gasteiger partial charge in [-0.25, -0.2) is 0 Å². The molecule has 1 aliphatic heterocycles. The van der Waals surface area contributed by atoms with Crippen LogP contribution in [-0.2, 0) is 0 Å². The highest BCUT2D eigenvalue weighted by molar-refractivity contribution is 9.10. The molecule has 1 aliphatic rings. The van der Waals surface area contributed by atoms with E-state index in [1.807, 2.05) is 18.2 Å². The SMILES string of the molecule is Clc1cccc(N2CCC(c3ccc(Br)cc3)C2)c1. The summed E-state index contributed by atoms with van der Waals surface area (Å²) in [5, 5.41) is 0.810. The van der Waals surface area contributed by atoms with Gasteiger partial charge in [0.25, 0.3) is 0 Å². The predicted octanol–water partition coefficient (Wildman–Crippen LogP) is 5.10. The first kappa shape index (κ1) is 13.0. The van der Waals surface area contributed by atoms with Crippen molar-refractivity contribution in [2.24, 2.45) is 0 Å². The van der Waals surface area contributed by atoms with Crippen LogP contribution >= 0.6 is 27.5 Å². The molecule has 0 bridgehead atoms. The largest absolute Gasteiger partial charge is 0.371 e. The Labute approximate surface area is 127 Å². The Morgan fingerprint density at radius 1 is 1.11 bits per heavy atom. The molecule has 1 atom stereocenters. The molecule has 0 spiro atoms. The summed E-state index contributed by atoms with van der Waals surface area (Å²) in [4.78, 5) is 2.42. The molecule has 1 saturated heterocycles. The van der Waals surface area contributed by atoms with Gasteiger partial charge < -0.3 is 4.90 Å². The fraction of sp³-hybridized carbons (Fsp3) is 0.250. The lowest BCUT2D eigenvalue weighted by Gasteiger charge is -2.19. The molecular weight excluding hydrogens is 322 g/mol. The summed E-state index contributed by atoms with van der Waals surface area (Å²) in [6.07, 6.45) is 1.20. The van der Waals surface area contributed by atoms with Crippen LogP contribution in [0.5, 0.6) is 0 Å². The summed E-state index contributed by atoms with van der Waals surface area (Å²) in [5.41, 5.74) is 2.65. The van der Waals surface area contributed by atoms with Crippen molar-refractivity contribution in [3.63, 3.8) is 0 Å². The van der Waals surface area contributed by atoms with Gasteiger partial charge in [0.05, 0.1) is 0 Å². The quantitative estimate of drug-likeness (QED) is 0.738. The highest BCUT2D eigenvalue weighted by atomic mass is 79.9. The van der Waals surface area contributed by atoms with Gasteiger partial charge in [-0.3, -0.25) is 0 Å². The van der Waals surface area contributed by atoms with Crippen LogP contribution in [0.3, 0.4) is 0 Å². The predicted molar refractivity (Wildman–Crippen MR) is 85.2 cm³/mol. The van der Waals surface area contributed by atoms with Gasteiger partial charge in [0.15, 0.2) is 0 Å². The third-order valence-corrected chi connectivity index (χ3v) is 4.47. The van der Waals surface area contributed by atoms with Crippen LogP contribution in [0.4, 0.5) is 5.69 Å². The third-order valence-electron chi connectivity index (χ3n) is 3.70. The molecule has 98 valence electrons. The Hall–Kier alpha value is -0.990. The van der Waals surface area contributed by atoms with Crippen LogP contribution in [-0.4, -0.2) is 13.1 Å². The number of hydrogen-bond donors (Lipinski definition) is 0. The average Bonchev–Trinajstić information content (AvgIpc) is 2.89. The van der Waals surface area contributed by atoms with Gasteiger partial charge in [-0.15, -0.1) is 0 Å². The Bertz CT molecular complexity index is 567. The van der Waals surface area contributed by atoms with E-state index in [0.717, 1.165) is 22.6 Å². The summed E-state index contributed by atoms with van der Waals surface area (Å²) >= 11 is 9.55. The minimum absolute atomic E-state index is 0.618. The molecule has 0 saturated carbocycles. The standard InChI is InChI=1S/C16H15BrClN/c17-14-6-4-12(5-7-14)13-8-9-19(11-13)16-3-1-2-15(18)10-16/h1-7,10,13H,8-9,11H2. The minimum atomic E-state index is 0.618. The summed E-state index contributed by atoms with van der Waals surface area (Å²) in [6, 6.07) is 16.8. The molecular formula is C16H15BrClN. The number of halogens is 2. The fourth-order valence-corrected chi connectivity index (χ4v) is 3.12. The molecule has 1 unspecified atom stereocenters. The van der Waals surface area contributed by atoms with Gasteiger partial charge in [0.2, 0.25) is 0 Å². The molecule has 0 amide bonds. The highest BCUT2D eigenvalue weighted by Crippen LogP contribution is 2.32. The topological polar surface area (TPSA) is 3.24 Å². The minimum Gasteiger partial charge on any atom is -0.371 e. The number of anilines is 1. The number of benzene rings is 2. The summed E-state index contributed by atoms with van der Waals surface area (Å²) < 4.78 is 1.14. The van der Waals surface area contributed by atoms with E-state index in [0.29, 0.717) is 5.92 Å². The summed E-state index contributed by atoms with van der Waals surface area (Å²) in [7, 11) is 0. The second-order valence-electron chi connectivity index (χ2n) is 4.96. The van der Waals surface area contributed by atoms with Crippen LogP contribution in [0, 0.1) is 0 Å². The zero-order chi connectivity index (χ0) is 13.2. The monoisotopic (exact) mass is 335 g/mol. The summed E-state index contributed by atoms with van der Waals surface area (Å²) in [5.74, 6) is 0.618. The van der Waals surface area contributed by atoms with Crippen LogP contribution < -0.4 is 4.90 Å². The molecule has 2 aromatic rings. The van der Waals surface area contributed by atoms with Gasteiger partial charge in [0, 0.05) is 34.2 Å². The van der Waals surface area contributed by atoms with Gasteiger partial charge in [-0.05, 0) is 42.3 Å². The van der Waals surface area contributed by atoms with Crippen molar-refractivity contribution in [2.75, 3.05) is 18.0 Å². The van der Waals surface area contributed by atoms with Crippen molar-refractivity contribution in [3.8, 4) is 0 Å². The molecule has 1 nitrogen and oxygen atoms in total. The zero-order valence-corrected chi connectivity index (χ0v) is 12.9. The molecule has 2 aromatic carbocycles. The number of nitrogens with zero attached hydrogens (tertiary/aromatic N) is 1. The summed E-state index contributed by atoms with van der Waals surface area (Å²) in [6.45, 7) is 2.17. The van der Waals surface area contributed by atoms with E-state index in [-0.39, 0.29) is 0 Å². The maximum absolute atomic E-state index is 6.06. The molecule has 1 fully saturated rings. The fourth-order valence-electron chi connectivity index (χ4n) is 2.67. The smallest absolute Gasteiger partial charge is 0.0426 e. The van der Waals surface area contributed by atoms with E-state index in [1.165, 1.54) is 17.7 Å². The van der Waals surface area contributed by atoms with Crippen LogP contribution in [0.25, 0.3) is 0 Å². The molecule has 0 N–H and O–H groups in total. The van der Waals surface area contributed by atoms with E-state index in [2.05, 4.69) is 51.2 Å². The molecule has 1 heterocycles. The van der Waals surface area contributed by atoms with E-state index >= 15 is 0 Å². The van der Waals surface area contributed by atoms with Crippen molar-refractivity contribution in [2.45, 2.75) is 12.3 Å². The Morgan fingerprint density at radius 2 is 1.89 bits per heavy atom. The average molecular weight is 337 g/mol. The maximum Gasteiger partial charge on any atom is 0.0426 e. The van der Waals surface area contributed by atoms with Gasteiger partial charge >= 0.3 is 0 Å². The Kier molecular flexibility index (Phi) is 3.81. The van der Waals surface area contributed by atoms with Crippen molar-refractivity contribution in [1.29, 1.82) is 0 Å². The van der Waals surface area contributed by atoms with Crippen molar-refractivity contribution < 1.29 is 0 Å². The third kappa shape index (κ3) is 2.96. The van der Waals surface area contributed by atoms with E-state index in [1.54, 1.807) is 0 Å². The Balaban J connectivity index is 1.75. The first-order valence-electron chi connectivity index (χ1n) is 6.48. The molecule has 0 aliphatic carbocycles. The lowest BCUT2D eigenvalue weighted by Crippen LogP contribution is -2.18. The molecule has 19 heavy (non-hydrogen) atoms. The molecule has 3 heteroatoms. The maximum atomic E-state index is 6.06.